The minimum absolute atomic E-state index is 0.250. The Labute approximate surface area is 100 Å². The molecule has 0 aliphatic carbocycles. The van der Waals surface area contributed by atoms with Crippen LogP contribution in [0.3, 0.4) is 0 Å². The lowest BCUT2D eigenvalue weighted by Crippen LogP contribution is -2.52. The highest BCUT2D eigenvalue weighted by molar-refractivity contribution is 6.00. The number of piperidine rings is 1. The summed E-state index contributed by atoms with van der Waals surface area (Å²) in [5, 5.41) is 2.22. The molecule has 17 heavy (non-hydrogen) atoms. The summed E-state index contributed by atoms with van der Waals surface area (Å²) >= 11 is 0. The molecule has 0 radical (unpaired) electrons. The summed E-state index contributed by atoms with van der Waals surface area (Å²) in [6.45, 7) is 9.54. The molecule has 5 heteroatoms. The zero-order valence-corrected chi connectivity index (χ0v) is 9.86. The lowest BCUT2D eigenvalue weighted by atomic mass is 10.0. The van der Waals surface area contributed by atoms with Crippen molar-refractivity contribution in [2.45, 2.75) is 25.8 Å². The first-order valence-electron chi connectivity index (χ1n) is 5.34. The van der Waals surface area contributed by atoms with Gasteiger partial charge in [0, 0.05) is 13.0 Å². The van der Waals surface area contributed by atoms with Crippen molar-refractivity contribution < 1.29 is 14.4 Å². The minimum Gasteiger partial charge on any atom is -0.329 e. The molecule has 0 aromatic heterocycles. The lowest BCUT2D eigenvalue weighted by Gasteiger charge is -2.30. The molecule has 0 aromatic rings. The van der Waals surface area contributed by atoms with Crippen molar-refractivity contribution in [2.24, 2.45) is 0 Å². The second-order valence-electron chi connectivity index (χ2n) is 4.13. The van der Waals surface area contributed by atoms with E-state index in [1.807, 2.05) is 0 Å². The van der Waals surface area contributed by atoms with E-state index in [4.69, 9.17) is 0 Å². The van der Waals surface area contributed by atoms with Crippen LogP contribution in [0.4, 0.5) is 0 Å². The zero-order chi connectivity index (χ0) is 13.0. The maximum absolute atomic E-state index is 11.6. The van der Waals surface area contributed by atoms with E-state index in [-0.39, 0.29) is 18.9 Å². The number of amides is 3. The lowest BCUT2D eigenvalue weighted by molar-refractivity contribution is -0.140. The van der Waals surface area contributed by atoms with Gasteiger partial charge in [0.25, 0.3) is 0 Å². The molecule has 1 aliphatic rings. The van der Waals surface area contributed by atoms with Crippen molar-refractivity contribution >= 4 is 18.2 Å². The van der Waals surface area contributed by atoms with Crippen LogP contribution in [0.15, 0.2) is 24.3 Å². The van der Waals surface area contributed by atoms with Gasteiger partial charge in [-0.2, -0.15) is 0 Å². The van der Waals surface area contributed by atoms with Crippen molar-refractivity contribution in [3.63, 3.8) is 0 Å². The average Bonchev–Trinajstić information content (AvgIpc) is 2.26. The molecule has 0 bridgehead atoms. The van der Waals surface area contributed by atoms with E-state index < -0.39 is 11.9 Å². The predicted molar refractivity (Wildman–Crippen MR) is 62.9 cm³/mol. The van der Waals surface area contributed by atoms with E-state index in [0.717, 1.165) is 5.57 Å². The first kappa shape index (κ1) is 13.2. The number of rotatable bonds is 5. The van der Waals surface area contributed by atoms with Crippen molar-refractivity contribution in [3.8, 4) is 0 Å². The van der Waals surface area contributed by atoms with Crippen molar-refractivity contribution in [3.05, 3.63) is 24.3 Å². The van der Waals surface area contributed by atoms with Crippen molar-refractivity contribution in [2.75, 3.05) is 6.54 Å². The van der Waals surface area contributed by atoms with Crippen LogP contribution in [-0.4, -0.2) is 35.7 Å². The van der Waals surface area contributed by atoms with E-state index in [1.54, 1.807) is 6.92 Å². The van der Waals surface area contributed by atoms with Gasteiger partial charge in [0.15, 0.2) is 0 Å². The predicted octanol–water partition coefficient (Wildman–Crippen LogP) is 0.382. The highest BCUT2D eigenvalue weighted by atomic mass is 16.2. The Morgan fingerprint density at radius 3 is 2.65 bits per heavy atom. The number of carbonyl (C=O) groups is 3. The molecule has 1 heterocycles. The second-order valence-corrected chi connectivity index (χ2v) is 4.13. The Morgan fingerprint density at radius 2 is 2.18 bits per heavy atom. The topological polar surface area (TPSA) is 66.5 Å². The zero-order valence-electron chi connectivity index (χ0n) is 9.86. The van der Waals surface area contributed by atoms with Crippen LogP contribution in [0.5, 0.6) is 0 Å². The number of nitrogens with zero attached hydrogens (tertiary/aromatic N) is 1. The molecule has 0 aromatic carbocycles. The third kappa shape index (κ3) is 3.27. The quantitative estimate of drug-likeness (QED) is 0.426. The van der Waals surface area contributed by atoms with Crippen LogP contribution >= 0.6 is 0 Å². The Morgan fingerprint density at radius 1 is 1.53 bits per heavy atom. The van der Waals surface area contributed by atoms with Crippen LogP contribution in [0.25, 0.3) is 0 Å². The van der Waals surface area contributed by atoms with Crippen LogP contribution in [0.2, 0.25) is 0 Å². The summed E-state index contributed by atoms with van der Waals surface area (Å²) in [5.41, 5.74) is 1.46. The number of hydrogen-bond acceptors (Lipinski definition) is 3. The maximum Gasteiger partial charge on any atom is 0.249 e. The molecule has 1 saturated heterocycles. The van der Waals surface area contributed by atoms with Gasteiger partial charge in [0.1, 0.15) is 6.04 Å². The minimum atomic E-state index is -0.596. The number of hydrogen-bond donors (Lipinski definition) is 1. The van der Waals surface area contributed by atoms with E-state index >= 15 is 0 Å². The average molecular weight is 236 g/mol. The first-order valence-corrected chi connectivity index (χ1v) is 5.34. The van der Waals surface area contributed by atoms with E-state index in [0.29, 0.717) is 18.4 Å². The molecule has 1 aliphatic heterocycles. The fourth-order valence-electron chi connectivity index (χ4n) is 1.57. The largest absolute Gasteiger partial charge is 0.329 e. The molecule has 0 spiro atoms. The molecule has 1 atom stereocenters. The molecule has 1 fully saturated rings. The molecule has 1 rings (SSSR count). The monoisotopic (exact) mass is 236 g/mol. The number of imide groups is 1. The molecular formula is C12H16N2O3. The maximum atomic E-state index is 11.6. The van der Waals surface area contributed by atoms with Gasteiger partial charge in [-0.1, -0.05) is 18.7 Å². The molecule has 1 unspecified atom stereocenters. The van der Waals surface area contributed by atoms with Gasteiger partial charge < -0.3 is 4.90 Å². The molecule has 5 nitrogen and oxygen atoms in total. The number of carbonyl (C=O) groups excluding carboxylic acids is 3. The van der Waals surface area contributed by atoms with Gasteiger partial charge in [-0.25, -0.2) is 0 Å². The van der Waals surface area contributed by atoms with Gasteiger partial charge in [-0.15, -0.1) is 0 Å². The fourth-order valence-corrected chi connectivity index (χ4v) is 1.57. The SMILES string of the molecule is C=C(C)C(=C)CN(C=O)C1CCC(=O)NC1=O. The molecule has 3 amide bonds. The van der Waals surface area contributed by atoms with Crippen molar-refractivity contribution in [1.82, 2.24) is 10.2 Å². The smallest absolute Gasteiger partial charge is 0.249 e. The Hall–Kier alpha value is -1.91. The van der Waals surface area contributed by atoms with Crippen molar-refractivity contribution in [1.29, 1.82) is 0 Å². The van der Waals surface area contributed by atoms with Gasteiger partial charge >= 0.3 is 0 Å². The first-order chi connectivity index (χ1) is 7.95. The molecule has 0 saturated carbocycles. The van der Waals surface area contributed by atoms with Gasteiger partial charge in [0.2, 0.25) is 18.2 Å². The van der Waals surface area contributed by atoms with Gasteiger partial charge in [-0.3, -0.25) is 19.7 Å². The summed E-state index contributed by atoms with van der Waals surface area (Å²) < 4.78 is 0. The third-order valence-corrected chi connectivity index (χ3v) is 2.72. The van der Waals surface area contributed by atoms with Crippen LogP contribution < -0.4 is 5.32 Å². The Balaban J connectivity index is 2.70. The third-order valence-electron chi connectivity index (χ3n) is 2.72. The van der Waals surface area contributed by atoms with Crippen LogP contribution in [-0.2, 0) is 14.4 Å². The highest BCUT2D eigenvalue weighted by Crippen LogP contribution is 2.14. The normalized spacial score (nSPS) is 19.5. The van der Waals surface area contributed by atoms with Gasteiger partial charge in [-0.05, 0) is 18.9 Å². The molecule has 1 N–H and O–H groups in total. The van der Waals surface area contributed by atoms with Crippen LogP contribution in [0.1, 0.15) is 19.8 Å². The van der Waals surface area contributed by atoms with Gasteiger partial charge in [0.05, 0.1) is 0 Å². The Bertz CT molecular complexity index is 387. The summed E-state index contributed by atoms with van der Waals surface area (Å²) in [7, 11) is 0. The number of nitrogens with one attached hydrogen (secondary N) is 1. The van der Waals surface area contributed by atoms with Crippen LogP contribution in [0, 0.1) is 0 Å². The summed E-state index contributed by atoms with van der Waals surface area (Å²) in [6, 6.07) is -0.596. The standard InChI is InChI=1S/C12H16N2O3/c1-8(2)9(3)6-14(7-15)10-4-5-11(16)13-12(10)17/h7,10H,1,3-6H2,2H3,(H,13,16,17). The second kappa shape index (κ2) is 5.43. The summed E-state index contributed by atoms with van der Waals surface area (Å²) in [6.07, 6.45) is 1.21. The molecular weight excluding hydrogens is 220 g/mol. The fraction of sp³-hybridized carbons (Fsp3) is 0.417. The Kier molecular flexibility index (Phi) is 4.20. The summed E-state index contributed by atoms with van der Waals surface area (Å²) in [5.74, 6) is -0.723. The molecule has 92 valence electrons. The highest BCUT2D eigenvalue weighted by Gasteiger charge is 2.31. The van der Waals surface area contributed by atoms with E-state index in [1.165, 1.54) is 4.90 Å². The van der Waals surface area contributed by atoms with E-state index in [9.17, 15) is 14.4 Å². The van der Waals surface area contributed by atoms with E-state index in [2.05, 4.69) is 18.5 Å². The summed E-state index contributed by atoms with van der Waals surface area (Å²) in [4.78, 5) is 34.9.